The highest BCUT2D eigenvalue weighted by atomic mass is 127. The average molecular weight is 324 g/mol. The molecule has 0 N–H and O–H groups in total. The summed E-state index contributed by atoms with van der Waals surface area (Å²) < 4.78 is 7.27. The zero-order chi connectivity index (χ0) is 7.84. The minimum absolute atomic E-state index is 0.855. The molecule has 56 valence electrons. The topological polar surface area (TPSA) is 26.0 Å². The van der Waals surface area contributed by atoms with Gasteiger partial charge in [-0.05, 0) is 34.7 Å². The van der Waals surface area contributed by atoms with Crippen LogP contribution in [0, 0.1) is 3.57 Å². The molecule has 0 saturated carbocycles. The fourth-order valence-electron chi connectivity index (χ4n) is 0.895. The summed E-state index contributed by atoms with van der Waals surface area (Å²) in [6, 6.07) is 3.93. The third kappa shape index (κ3) is 1.29. The predicted molar refractivity (Wildman–Crippen MR) is 54.4 cm³/mol. The van der Waals surface area contributed by atoms with E-state index in [1.54, 1.807) is 0 Å². The standard InChI is InChI=1S/C7H3BrINO/c8-4-1-5(9)7-6(2-4)10-3-11-7/h1-3H. The molecule has 2 aromatic rings. The van der Waals surface area contributed by atoms with E-state index in [1.165, 1.54) is 6.39 Å². The fourth-order valence-corrected chi connectivity index (χ4v) is 2.51. The van der Waals surface area contributed by atoms with E-state index in [-0.39, 0.29) is 0 Å². The van der Waals surface area contributed by atoms with Crippen molar-refractivity contribution in [3.05, 3.63) is 26.6 Å². The first-order valence-corrected chi connectivity index (χ1v) is 4.83. The lowest BCUT2D eigenvalue weighted by Gasteiger charge is -1.91. The van der Waals surface area contributed by atoms with Crippen LogP contribution in [0.25, 0.3) is 11.1 Å². The molecule has 2 rings (SSSR count). The second-order valence-electron chi connectivity index (χ2n) is 2.09. The fraction of sp³-hybridized carbons (Fsp3) is 0. The quantitative estimate of drug-likeness (QED) is 0.696. The lowest BCUT2D eigenvalue weighted by Crippen LogP contribution is -1.73. The zero-order valence-corrected chi connectivity index (χ0v) is 9.09. The summed E-state index contributed by atoms with van der Waals surface area (Å²) in [6.07, 6.45) is 1.46. The highest BCUT2D eigenvalue weighted by molar-refractivity contribution is 14.1. The normalized spacial score (nSPS) is 10.7. The smallest absolute Gasteiger partial charge is 0.182 e. The maximum atomic E-state index is 5.16. The van der Waals surface area contributed by atoms with Gasteiger partial charge in [0.25, 0.3) is 0 Å². The predicted octanol–water partition coefficient (Wildman–Crippen LogP) is 3.19. The number of fused-ring (bicyclic) bond motifs is 1. The summed E-state index contributed by atoms with van der Waals surface area (Å²) in [5, 5.41) is 0. The van der Waals surface area contributed by atoms with E-state index in [0.29, 0.717) is 0 Å². The Morgan fingerprint density at radius 2 is 2.27 bits per heavy atom. The van der Waals surface area contributed by atoms with E-state index in [9.17, 15) is 0 Å². The average Bonchev–Trinajstić information content (AvgIpc) is 2.34. The molecule has 1 heterocycles. The Hall–Kier alpha value is -0.100. The SMILES string of the molecule is Brc1cc(I)c2ocnc2c1. The van der Waals surface area contributed by atoms with Gasteiger partial charge in [-0.1, -0.05) is 15.9 Å². The molecule has 0 aliphatic rings. The van der Waals surface area contributed by atoms with Crippen LogP contribution >= 0.6 is 38.5 Å². The van der Waals surface area contributed by atoms with Crippen LogP contribution in [0.2, 0.25) is 0 Å². The van der Waals surface area contributed by atoms with Crippen LogP contribution in [0.15, 0.2) is 27.4 Å². The van der Waals surface area contributed by atoms with Crippen molar-refractivity contribution in [3.8, 4) is 0 Å². The molecule has 0 radical (unpaired) electrons. The minimum atomic E-state index is 0.855. The summed E-state index contributed by atoms with van der Waals surface area (Å²) >= 11 is 5.60. The maximum absolute atomic E-state index is 5.16. The summed E-state index contributed by atoms with van der Waals surface area (Å²) in [7, 11) is 0. The summed E-state index contributed by atoms with van der Waals surface area (Å²) in [5.74, 6) is 0. The van der Waals surface area contributed by atoms with Crippen LogP contribution in [0.1, 0.15) is 0 Å². The molecule has 0 atom stereocenters. The number of hydrogen-bond acceptors (Lipinski definition) is 2. The van der Waals surface area contributed by atoms with Crippen molar-refractivity contribution in [2.24, 2.45) is 0 Å². The van der Waals surface area contributed by atoms with Gasteiger partial charge in [0.05, 0.1) is 3.57 Å². The van der Waals surface area contributed by atoms with Crippen molar-refractivity contribution in [2.45, 2.75) is 0 Å². The number of benzene rings is 1. The van der Waals surface area contributed by atoms with Gasteiger partial charge in [-0.25, -0.2) is 4.98 Å². The minimum Gasteiger partial charge on any atom is -0.442 e. The first-order valence-electron chi connectivity index (χ1n) is 2.95. The second-order valence-corrected chi connectivity index (χ2v) is 4.17. The molecule has 0 spiro atoms. The first kappa shape index (κ1) is 7.54. The molecule has 0 aliphatic carbocycles. The van der Waals surface area contributed by atoms with Crippen LogP contribution in [-0.2, 0) is 0 Å². The second kappa shape index (κ2) is 2.75. The number of nitrogens with zero attached hydrogens (tertiary/aromatic N) is 1. The number of oxazole rings is 1. The van der Waals surface area contributed by atoms with E-state index in [4.69, 9.17) is 4.42 Å². The van der Waals surface area contributed by atoms with Gasteiger partial charge in [-0.3, -0.25) is 0 Å². The van der Waals surface area contributed by atoms with Gasteiger partial charge in [0, 0.05) is 4.47 Å². The summed E-state index contributed by atoms with van der Waals surface area (Å²) in [4.78, 5) is 4.04. The Labute approximate surface area is 85.3 Å². The van der Waals surface area contributed by atoms with Gasteiger partial charge in [0.15, 0.2) is 12.0 Å². The molecular weight excluding hydrogens is 321 g/mol. The number of aromatic nitrogens is 1. The van der Waals surface area contributed by atoms with Gasteiger partial charge in [-0.15, -0.1) is 0 Å². The Balaban J connectivity index is 2.91. The number of halogens is 2. The van der Waals surface area contributed by atoms with E-state index < -0.39 is 0 Å². The van der Waals surface area contributed by atoms with Crippen molar-refractivity contribution >= 4 is 49.6 Å². The van der Waals surface area contributed by atoms with Crippen LogP contribution in [0.5, 0.6) is 0 Å². The van der Waals surface area contributed by atoms with Gasteiger partial charge in [0.1, 0.15) is 5.52 Å². The summed E-state index contributed by atoms with van der Waals surface area (Å²) in [6.45, 7) is 0. The highest BCUT2D eigenvalue weighted by Gasteiger charge is 2.03. The molecule has 11 heavy (non-hydrogen) atoms. The molecule has 0 fully saturated rings. The van der Waals surface area contributed by atoms with E-state index in [1.807, 2.05) is 12.1 Å². The van der Waals surface area contributed by atoms with Crippen LogP contribution in [-0.4, -0.2) is 4.98 Å². The van der Waals surface area contributed by atoms with Crippen molar-refractivity contribution < 1.29 is 4.42 Å². The zero-order valence-electron chi connectivity index (χ0n) is 5.34. The van der Waals surface area contributed by atoms with E-state index in [2.05, 4.69) is 43.5 Å². The van der Waals surface area contributed by atoms with Crippen LogP contribution in [0.3, 0.4) is 0 Å². The third-order valence-electron chi connectivity index (χ3n) is 1.35. The Morgan fingerprint density at radius 3 is 3.09 bits per heavy atom. The van der Waals surface area contributed by atoms with E-state index in [0.717, 1.165) is 19.1 Å². The third-order valence-corrected chi connectivity index (χ3v) is 2.61. The molecule has 0 amide bonds. The Morgan fingerprint density at radius 1 is 1.45 bits per heavy atom. The first-order chi connectivity index (χ1) is 5.27. The van der Waals surface area contributed by atoms with Gasteiger partial charge in [-0.2, -0.15) is 0 Å². The highest BCUT2D eigenvalue weighted by Crippen LogP contribution is 2.24. The van der Waals surface area contributed by atoms with Crippen molar-refractivity contribution in [1.29, 1.82) is 0 Å². The molecular formula is C7H3BrINO. The van der Waals surface area contributed by atoms with Crippen molar-refractivity contribution in [1.82, 2.24) is 4.98 Å². The monoisotopic (exact) mass is 323 g/mol. The van der Waals surface area contributed by atoms with E-state index >= 15 is 0 Å². The van der Waals surface area contributed by atoms with Gasteiger partial charge in [0.2, 0.25) is 0 Å². The molecule has 0 bridgehead atoms. The Kier molecular flexibility index (Phi) is 1.88. The number of hydrogen-bond donors (Lipinski definition) is 0. The van der Waals surface area contributed by atoms with Gasteiger partial charge >= 0.3 is 0 Å². The molecule has 2 nitrogen and oxygen atoms in total. The van der Waals surface area contributed by atoms with Crippen LogP contribution in [0.4, 0.5) is 0 Å². The number of rotatable bonds is 0. The van der Waals surface area contributed by atoms with Gasteiger partial charge < -0.3 is 4.42 Å². The molecule has 0 aliphatic heterocycles. The van der Waals surface area contributed by atoms with Crippen LogP contribution < -0.4 is 0 Å². The van der Waals surface area contributed by atoms with Crippen molar-refractivity contribution in [2.75, 3.05) is 0 Å². The Bertz CT molecular complexity index is 398. The largest absolute Gasteiger partial charge is 0.442 e. The molecule has 1 aromatic carbocycles. The molecule has 0 saturated heterocycles. The lowest BCUT2D eigenvalue weighted by atomic mass is 10.3. The maximum Gasteiger partial charge on any atom is 0.182 e. The molecule has 4 heteroatoms. The molecule has 0 unspecified atom stereocenters. The lowest BCUT2D eigenvalue weighted by molar-refractivity contribution is 0.600. The summed E-state index contributed by atoms with van der Waals surface area (Å²) in [5.41, 5.74) is 1.75. The molecule has 1 aromatic heterocycles. The van der Waals surface area contributed by atoms with Crippen molar-refractivity contribution in [3.63, 3.8) is 0 Å².